The molecule has 5 rings (SSSR count). The molecule has 1 aliphatic carbocycles. The summed E-state index contributed by atoms with van der Waals surface area (Å²) >= 11 is 0. The molecule has 0 bridgehead atoms. The average Bonchev–Trinajstić information content (AvgIpc) is 3.48. The maximum absolute atomic E-state index is 12.4. The van der Waals surface area contributed by atoms with Gasteiger partial charge in [-0.25, -0.2) is 0 Å². The molecular weight excluding hydrogens is 685 g/mol. The Hall–Kier alpha value is -4.78. The van der Waals surface area contributed by atoms with Crippen molar-refractivity contribution in [2.75, 3.05) is 13.2 Å². The molecule has 4 aromatic rings. The number of hydrogen-bond donors (Lipinski definition) is 0. The van der Waals surface area contributed by atoms with Gasteiger partial charge in [-0.05, 0) is 124 Å². The van der Waals surface area contributed by atoms with Gasteiger partial charge in [-0.15, -0.1) is 0 Å². The van der Waals surface area contributed by atoms with E-state index in [0.717, 1.165) is 29.0 Å². The first-order chi connectivity index (χ1) is 26.1. The van der Waals surface area contributed by atoms with E-state index in [0.29, 0.717) is 32.5 Å². The van der Waals surface area contributed by atoms with Gasteiger partial charge in [0.15, 0.2) is 11.6 Å². The molecule has 6 heteroatoms. The zero-order chi connectivity index (χ0) is 40.1. The van der Waals surface area contributed by atoms with Crippen molar-refractivity contribution < 1.29 is 28.5 Å². The van der Waals surface area contributed by atoms with Crippen LogP contribution < -0.4 is 9.47 Å². The lowest BCUT2D eigenvalue weighted by molar-refractivity contribution is -0.139. The van der Waals surface area contributed by atoms with Gasteiger partial charge in [0.05, 0.1) is 18.6 Å². The third kappa shape index (κ3) is 8.56. The minimum absolute atomic E-state index is 0.112. The Morgan fingerprint density at radius 1 is 0.600 bits per heavy atom. The lowest BCUT2D eigenvalue weighted by Crippen LogP contribution is -2.39. The quantitative estimate of drug-likeness (QED) is 0.0740. The second-order valence-corrected chi connectivity index (χ2v) is 16.1. The van der Waals surface area contributed by atoms with Crippen molar-refractivity contribution in [1.82, 2.24) is 0 Å². The summed E-state index contributed by atoms with van der Waals surface area (Å²) in [6.45, 7) is 23.6. The van der Waals surface area contributed by atoms with Crippen LogP contribution >= 0.6 is 0 Å². The molecule has 1 aliphatic rings. The van der Waals surface area contributed by atoms with Crippen molar-refractivity contribution in [2.24, 2.45) is 0 Å². The van der Waals surface area contributed by atoms with Crippen LogP contribution in [0.2, 0.25) is 0 Å². The summed E-state index contributed by atoms with van der Waals surface area (Å²) in [6.07, 6.45) is 5.20. The van der Waals surface area contributed by atoms with E-state index in [1.807, 2.05) is 27.7 Å². The zero-order valence-corrected chi connectivity index (χ0v) is 34.0. The molecular formula is C49H58O6. The van der Waals surface area contributed by atoms with Crippen molar-refractivity contribution in [3.05, 3.63) is 145 Å². The molecule has 0 amide bonds. The van der Waals surface area contributed by atoms with E-state index in [1.54, 1.807) is 13.8 Å². The number of ether oxygens (including phenoxy) is 4. The van der Waals surface area contributed by atoms with Crippen LogP contribution in [0.15, 0.2) is 122 Å². The molecule has 2 unspecified atom stereocenters. The fraction of sp³-hybridized carbons (Fsp3) is 0.388. The first-order valence-electron chi connectivity index (χ1n) is 19.5. The first kappa shape index (κ1) is 41.4. The van der Waals surface area contributed by atoms with Crippen LogP contribution in [0.5, 0.6) is 11.5 Å². The van der Waals surface area contributed by atoms with Crippen LogP contribution in [0.4, 0.5) is 0 Å². The maximum Gasteiger partial charge on any atom is 0.186 e. The van der Waals surface area contributed by atoms with Gasteiger partial charge in [0, 0.05) is 12.8 Å². The summed E-state index contributed by atoms with van der Waals surface area (Å²) in [5.41, 5.74) is 3.69. The lowest BCUT2D eigenvalue weighted by Gasteiger charge is -2.35. The number of rotatable bonds is 20. The topological polar surface area (TPSA) is 71.1 Å². The monoisotopic (exact) mass is 742 g/mol. The van der Waals surface area contributed by atoms with Crippen LogP contribution in [-0.2, 0) is 24.5 Å². The Bertz CT molecular complexity index is 1940. The fourth-order valence-corrected chi connectivity index (χ4v) is 7.45. The van der Waals surface area contributed by atoms with Gasteiger partial charge in [-0.1, -0.05) is 99.8 Å². The van der Waals surface area contributed by atoms with Crippen LogP contribution in [0.25, 0.3) is 11.1 Å². The molecule has 6 nitrogen and oxygen atoms in total. The van der Waals surface area contributed by atoms with Gasteiger partial charge in [0.25, 0.3) is 0 Å². The van der Waals surface area contributed by atoms with Crippen molar-refractivity contribution in [1.29, 1.82) is 0 Å². The molecule has 0 aliphatic heterocycles. The largest absolute Gasteiger partial charge is 0.488 e. The Labute approximate surface area is 328 Å². The summed E-state index contributed by atoms with van der Waals surface area (Å²) in [5, 5.41) is 0. The van der Waals surface area contributed by atoms with Gasteiger partial charge in [-0.2, -0.15) is 0 Å². The molecule has 0 N–H and O–H groups in total. The SMILES string of the molecule is C=CC(=O)C(C)(C)OCCC(C)(CC)Oc1ccc(C2(c3ccc(OC(C)(C)CCOC(C)(CC)C(=O)C=C)cc3)c3ccccc3-c3ccccc32)cc1. The van der Waals surface area contributed by atoms with Crippen LogP contribution in [-0.4, -0.2) is 47.2 Å². The van der Waals surface area contributed by atoms with Gasteiger partial charge < -0.3 is 18.9 Å². The summed E-state index contributed by atoms with van der Waals surface area (Å²) < 4.78 is 25.2. The second kappa shape index (κ2) is 16.5. The van der Waals surface area contributed by atoms with Crippen molar-refractivity contribution in [3.63, 3.8) is 0 Å². The van der Waals surface area contributed by atoms with Crippen molar-refractivity contribution >= 4 is 11.6 Å². The van der Waals surface area contributed by atoms with Crippen molar-refractivity contribution in [2.45, 2.75) is 109 Å². The lowest BCUT2D eigenvalue weighted by atomic mass is 9.67. The molecule has 0 radical (unpaired) electrons. The summed E-state index contributed by atoms with van der Waals surface area (Å²) in [5.74, 6) is 1.27. The van der Waals surface area contributed by atoms with Crippen LogP contribution in [0.3, 0.4) is 0 Å². The predicted octanol–water partition coefficient (Wildman–Crippen LogP) is 11.0. The Morgan fingerprint density at radius 3 is 1.55 bits per heavy atom. The Balaban J connectivity index is 1.43. The Kier molecular flexibility index (Phi) is 12.4. The van der Waals surface area contributed by atoms with E-state index < -0.39 is 27.8 Å². The number of benzene rings is 4. The van der Waals surface area contributed by atoms with E-state index in [9.17, 15) is 9.59 Å². The van der Waals surface area contributed by atoms with E-state index in [-0.39, 0.29) is 11.6 Å². The molecule has 4 aromatic carbocycles. The summed E-state index contributed by atoms with van der Waals surface area (Å²) in [4.78, 5) is 24.7. The number of fused-ring (bicyclic) bond motifs is 3. The highest BCUT2D eigenvalue weighted by atomic mass is 16.5. The molecule has 0 fully saturated rings. The minimum atomic E-state index is -0.930. The maximum atomic E-state index is 12.4. The van der Waals surface area contributed by atoms with E-state index in [1.165, 1.54) is 34.4 Å². The molecule has 0 saturated carbocycles. The van der Waals surface area contributed by atoms with Gasteiger partial charge >= 0.3 is 0 Å². The predicted molar refractivity (Wildman–Crippen MR) is 222 cm³/mol. The standard InChI is InChI=1S/C49H58O6/c1-11-43(50)46(7,8)52-34-32-47(9,13-3)55-38-29-25-36(26-30-38)49(41-21-17-15-19-39(41)40-20-16-18-22-42(40)49)35-23-27-37(28-24-35)54-45(5,6)31-33-53-48(10,14-4)44(51)12-2/h11-12,15-30H,1-2,13-14,31-34H2,3-10H3. The molecule has 0 heterocycles. The molecule has 0 aromatic heterocycles. The van der Waals surface area contributed by atoms with Crippen LogP contribution in [0.1, 0.15) is 103 Å². The normalized spacial score (nSPS) is 15.5. The number of ketones is 2. The molecule has 55 heavy (non-hydrogen) atoms. The molecule has 2 atom stereocenters. The second-order valence-electron chi connectivity index (χ2n) is 16.1. The zero-order valence-electron chi connectivity index (χ0n) is 34.0. The molecule has 0 saturated heterocycles. The van der Waals surface area contributed by atoms with Crippen LogP contribution in [0, 0.1) is 0 Å². The minimum Gasteiger partial charge on any atom is -0.488 e. The number of carbonyl (C=O) groups is 2. The summed E-state index contributed by atoms with van der Waals surface area (Å²) in [6, 6.07) is 34.3. The third-order valence-corrected chi connectivity index (χ3v) is 11.4. The van der Waals surface area contributed by atoms with Gasteiger partial charge in [0.2, 0.25) is 0 Å². The smallest absolute Gasteiger partial charge is 0.186 e. The number of hydrogen-bond acceptors (Lipinski definition) is 6. The van der Waals surface area contributed by atoms with E-state index in [4.69, 9.17) is 18.9 Å². The first-order valence-corrected chi connectivity index (χ1v) is 19.5. The fourth-order valence-electron chi connectivity index (χ4n) is 7.45. The number of carbonyl (C=O) groups excluding carboxylic acids is 2. The molecule has 0 spiro atoms. The van der Waals surface area contributed by atoms with Gasteiger partial charge in [0.1, 0.15) is 33.9 Å². The highest BCUT2D eigenvalue weighted by Crippen LogP contribution is 2.56. The Morgan fingerprint density at radius 2 is 1.07 bits per heavy atom. The average molecular weight is 743 g/mol. The van der Waals surface area contributed by atoms with E-state index in [2.05, 4.69) is 124 Å². The highest BCUT2D eigenvalue weighted by molar-refractivity contribution is 5.96. The van der Waals surface area contributed by atoms with E-state index >= 15 is 0 Å². The third-order valence-electron chi connectivity index (χ3n) is 11.4. The highest BCUT2D eigenvalue weighted by Gasteiger charge is 2.46. The molecule has 290 valence electrons. The van der Waals surface area contributed by atoms with Crippen molar-refractivity contribution in [3.8, 4) is 22.6 Å². The van der Waals surface area contributed by atoms with Gasteiger partial charge in [-0.3, -0.25) is 9.59 Å². The summed E-state index contributed by atoms with van der Waals surface area (Å²) in [7, 11) is 0.